The van der Waals surface area contributed by atoms with Gasteiger partial charge in [-0.15, -0.1) is 11.3 Å². The van der Waals surface area contributed by atoms with Crippen molar-refractivity contribution in [2.75, 3.05) is 52.7 Å². The molecule has 0 bridgehead atoms. The number of likely N-dealkylation sites (tertiary alicyclic amines) is 1. The van der Waals surface area contributed by atoms with E-state index in [-0.39, 0.29) is 0 Å². The summed E-state index contributed by atoms with van der Waals surface area (Å²) in [5.41, 5.74) is 2.47. The Labute approximate surface area is 178 Å². The van der Waals surface area contributed by atoms with Crippen LogP contribution in [-0.2, 0) is 6.54 Å². The highest BCUT2D eigenvalue weighted by Crippen LogP contribution is 2.38. The molecule has 1 fully saturated rings. The first-order valence-corrected chi connectivity index (χ1v) is 11.3. The smallest absolute Gasteiger partial charge is 0.146 e. The summed E-state index contributed by atoms with van der Waals surface area (Å²) < 4.78 is 0. The van der Waals surface area contributed by atoms with E-state index in [4.69, 9.17) is 9.97 Å². The van der Waals surface area contributed by atoms with E-state index in [1.807, 2.05) is 0 Å². The van der Waals surface area contributed by atoms with Crippen LogP contribution in [0.3, 0.4) is 0 Å². The SMILES string of the molecule is CN(C)Cc1nc(N(C)CC2CCCN(C)C2)c2c(-c3ccccc3)csc2n1. The van der Waals surface area contributed by atoms with E-state index in [0.717, 1.165) is 36.1 Å². The molecule has 6 heteroatoms. The van der Waals surface area contributed by atoms with Gasteiger partial charge in [0.05, 0.1) is 11.9 Å². The zero-order valence-electron chi connectivity index (χ0n) is 17.9. The van der Waals surface area contributed by atoms with Gasteiger partial charge in [-0.1, -0.05) is 30.3 Å². The van der Waals surface area contributed by atoms with E-state index in [1.54, 1.807) is 11.3 Å². The van der Waals surface area contributed by atoms with E-state index >= 15 is 0 Å². The molecule has 154 valence electrons. The molecule has 0 amide bonds. The van der Waals surface area contributed by atoms with Crippen molar-refractivity contribution in [2.45, 2.75) is 19.4 Å². The van der Waals surface area contributed by atoms with Gasteiger partial charge in [0.1, 0.15) is 16.5 Å². The normalized spacial score (nSPS) is 17.9. The maximum atomic E-state index is 5.05. The Kier molecular flexibility index (Phi) is 6.13. The summed E-state index contributed by atoms with van der Waals surface area (Å²) in [5, 5.41) is 3.43. The maximum Gasteiger partial charge on any atom is 0.146 e. The fraction of sp³-hybridized carbons (Fsp3) is 0.478. The zero-order valence-corrected chi connectivity index (χ0v) is 18.7. The van der Waals surface area contributed by atoms with Gasteiger partial charge in [0.15, 0.2) is 0 Å². The first-order valence-electron chi connectivity index (χ1n) is 10.4. The third-order valence-corrected chi connectivity index (χ3v) is 6.49. The van der Waals surface area contributed by atoms with Crippen molar-refractivity contribution in [1.82, 2.24) is 19.8 Å². The largest absolute Gasteiger partial charge is 0.359 e. The number of fused-ring (bicyclic) bond motifs is 1. The third kappa shape index (κ3) is 4.60. The molecular formula is C23H31N5S. The minimum Gasteiger partial charge on any atom is -0.359 e. The van der Waals surface area contributed by atoms with Crippen molar-refractivity contribution in [2.24, 2.45) is 5.92 Å². The van der Waals surface area contributed by atoms with E-state index in [2.05, 4.69) is 78.6 Å². The second-order valence-electron chi connectivity index (χ2n) is 8.55. The molecule has 4 rings (SSSR count). The Morgan fingerprint density at radius 3 is 2.66 bits per heavy atom. The molecule has 0 radical (unpaired) electrons. The fourth-order valence-electron chi connectivity index (χ4n) is 4.32. The second kappa shape index (κ2) is 8.78. The fourth-order valence-corrected chi connectivity index (χ4v) is 5.28. The molecule has 29 heavy (non-hydrogen) atoms. The highest BCUT2D eigenvalue weighted by Gasteiger charge is 2.23. The Balaban J connectivity index is 1.75. The second-order valence-corrected chi connectivity index (χ2v) is 9.41. The average molecular weight is 410 g/mol. The van der Waals surface area contributed by atoms with Crippen LogP contribution >= 0.6 is 11.3 Å². The highest BCUT2D eigenvalue weighted by molar-refractivity contribution is 7.17. The molecule has 1 aromatic carbocycles. The van der Waals surface area contributed by atoms with Crippen molar-refractivity contribution in [3.05, 3.63) is 41.5 Å². The molecule has 5 nitrogen and oxygen atoms in total. The number of hydrogen-bond donors (Lipinski definition) is 0. The number of rotatable bonds is 6. The minimum atomic E-state index is 0.680. The molecule has 1 unspecified atom stereocenters. The van der Waals surface area contributed by atoms with Crippen molar-refractivity contribution >= 4 is 27.4 Å². The van der Waals surface area contributed by atoms with Crippen molar-refractivity contribution in [3.8, 4) is 11.1 Å². The van der Waals surface area contributed by atoms with Crippen LogP contribution in [0.15, 0.2) is 35.7 Å². The summed E-state index contributed by atoms with van der Waals surface area (Å²) in [5.74, 6) is 2.65. The Hall–Kier alpha value is -2.02. The van der Waals surface area contributed by atoms with Gasteiger partial charge < -0.3 is 14.7 Å². The van der Waals surface area contributed by atoms with Crippen molar-refractivity contribution < 1.29 is 0 Å². The predicted octanol–water partition coefficient (Wildman–Crippen LogP) is 4.20. The van der Waals surface area contributed by atoms with E-state index < -0.39 is 0 Å². The standard InChI is InChI=1S/C23H31N5S/c1-26(2)15-20-24-22(28(4)14-17-9-8-12-27(3)13-17)21-19(16-29-23(21)25-20)18-10-6-5-7-11-18/h5-7,10-11,16-17H,8-9,12-15H2,1-4H3. The lowest BCUT2D eigenvalue weighted by atomic mass is 9.98. The van der Waals surface area contributed by atoms with E-state index in [9.17, 15) is 0 Å². The first kappa shape index (κ1) is 20.3. The molecule has 0 saturated carbocycles. The van der Waals surface area contributed by atoms with Gasteiger partial charge in [-0.05, 0) is 52.0 Å². The molecular weight excluding hydrogens is 378 g/mol. The van der Waals surface area contributed by atoms with Gasteiger partial charge in [-0.25, -0.2) is 9.97 Å². The molecule has 1 aliphatic heterocycles. The monoisotopic (exact) mass is 409 g/mol. The maximum absolute atomic E-state index is 5.05. The number of piperidine rings is 1. The Morgan fingerprint density at radius 1 is 1.14 bits per heavy atom. The molecule has 0 aliphatic carbocycles. The van der Waals surface area contributed by atoms with Crippen LogP contribution in [0.2, 0.25) is 0 Å². The summed E-state index contributed by atoms with van der Waals surface area (Å²) in [7, 11) is 8.57. The van der Waals surface area contributed by atoms with Gasteiger partial charge >= 0.3 is 0 Å². The van der Waals surface area contributed by atoms with Gasteiger partial charge in [0, 0.05) is 31.1 Å². The highest BCUT2D eigenvalue weighted by atomic mass is 32.1. The summed E-state index contributed by atoms with van der Waals surface area (Å²) in [4.78, 5) is 18.0. The molecule has 1 saturated heterocycles. The lowest BCUT2D eigenvalue weighted by Gasteiger charge is -2.33. The predicted molar refractivity (Wildman–Crippen MR) is 124 cm³/mol. The zero-order chi connectivity index (χ0) is 20.4. The van der Waals surface area contributed by atoms with Crippen LogP contribution < -0.4 is 4.90 Å². The van der Waals surface area contributed by atoms with Crippen molar-refractivity contribution in [3.63, 3.8) is 0 Å². The van der Waals surface area contributed by atoms with Crippen LogP contribution in [0.25, 0.3) is 21.3 Å². The first-order chi connectivity index (χ1) is 14.0. The van der Waals surface area contributed by atoms with Crippen molar-refractivity contribution in [1.29, 1.82) is 0 Å². The van der Waals surface area contributed by atoms with Crippen LogP contribution in [0, 0.1) is 5.92 Å². The summed E-state index contributed by atoms with van der Waals surface area (Å²) >= 11 is 1.72. The molecule has 0 spiro atoms. The molecule has 0 N–H and O–H groups in total. The van der Waals surface area contributed by atoms with Gasteiger partial charge in [0.25, 0.3) is 0 Å². The summed E-state index contributed by atoms with van der Waals surface area (Å²) in [6, 6.07) is 10.6. The van der Waals surface area contributed by atoms with E-state index in [1.165, 1.54) is 35.9 Å². The van der Waals surface area contributed by atoms with Gasteiger partial charge in [0.2, 0.25) is 0 Å². The van der Waals surface area contributed by atoms with E-state index in [0.29, 0.717) is 5.92 Å². The number of hydrogen-bond acceptors (Lipinski definition) is 6. The summed E-state index contributed by atoms with van der Waals surface area (Å²) in [6.07, 6.45) is 2.58. The number of nitrogens with zero attached hydrogens (tertiary/aromatic N) is 5. The number of anilines is 1. The Morgan fingerprint density at radius 2 is 1.93 bits per heavy atom. The van der Waals surface area contributed by atoms with Crippen LogP contribution in [0.5, 0.6) is 0 Å². The lowest BCUT2D eigenvalue weighted by Crippen LogP contribution is -2.38. The quantitative estimate of drug-likeness (QED) is 0.610. The molecule has 3 heterocycles. The molecule has 2 aromatic heterocycles. The molecule has 3 aromatic rings. The summed E-state index contributed by atoms with van der Waals surface area (Å²) in [6.45, 7) is 4.16. The average Bonchev–Trinajstić information content (AvgIpc) is 3.11. The number of benzene rings is 1. The van der Waals surface area contributed by atoms with Gasteiger partial charge in [-0.3, -0.25) is 0 Å². The minimum absolute atomic E-state index is 0.680. The van der Waals surface area contributed by atoms with Crippen LogP contribution in [0.1, 0.15) is 18.7 Å². The Bertz CT molecular complexity index is 953. The van der Waals surface area contributed by atoms with Gasteiger partial charge in [-0.2, -0.15) is 0 Å². The number of aromatic nitrogens is 2. The lowest BCUT2D eigenvalue weighted by molar-refractivity contribution is 0.213. The number of thiophene rings is 1. The topological polar surface area (TPSA) is 35.5 Å². The molecule has 1 atom stereocenters. The molecule has 1 aliphatic rings. The third-order valence-electron chi connectivity index (χ3n) is 5.62. The van der Waals surface area contributed by atoms with Crippen LogP contribution in [0.4, 0.5) is 5.82 Å². The van der Waals surface area contributed by atoms with Crippen LogP contribution in [-0.4, -0.2) is 67.6 Å².